The lowest BCUT2D eigenvalue weighted by Gasteiger charge is -2.16. The first-order chi connectivity index (χ1) is 9.62. The van der Waals surface area contributed by atoms with Gasteiger partial charge in [-0.3, -0.25) is 0 Å². The molecule has 108 valence electrons. The zero-order valence-corrected chi connectivity index (χ0v) is 13.5. The van der Waals surface area contributed by atoms with Crippen LogP contribution in [0.4, 0.5) is 5.69 Å². The number of nitrogens with zero attached hydrogens (tertiary/aromatic N) is 1. The predicted molar refractivity (Wildman–Crippen MR) is 89.7 cm³/mol. The molecule has 1 heterocycles. The Morgan fingerprint density at radius 3 is 3.00 bits per heavy atom. The molecule has 0 aliphatic heterocycles. The first kappa shape index (κ1) is 15.2. The highest BCUT2D eigenvalue weighted by molar-refractivity contribution is 7.80. The normalized spacial score (nSPS) is 12.3. The molecule has 1 aromatic heterocycles. The molecule has 20 heavy (non-hydrogen) atoms. The Balaban J connectivity index is 2.03. The molecule has 4 nitrogen and oxygen atoms in total. The van der Waals surface area contributed by atoms with Crippen LogP contribution in [-0.2, 0) is 11.2 Å². The summed E-state index contributed by atoms with van der Waals surface area (Å²) in [5.74, 6) is 0. The summed E-state index contributed by atoms with van der Waals surface area (Å²) in [6.45, 7) is 4.76. The van der Waals surface area contributed by atoms with Crippen LogP contribution in [0.5, 0.6) is 0 Å². The van der Waals surface area contributed by atoms with Crippen molar-refractivity contribution < 1.29 is 4.74 Å². The van der Waals surface area contributed by atoms with Gasteiger partial charge in [0.15, 0.2) is 5.11 Å². The fourth-order valence-corrected chi connectivity index (χ4v) is 3.15. The van der Waals surface area contributed by atoms with Crippen LogP contribution in [0, 0.1) is 0 Å². The van der Waals surface area contributed by atoms with Gasteiger partial charge in [0.05, 0.1) is 21.8 Å². The summed E-state index contributed by atoms with van der Waals surface area (Å²) in [7, 11) is 1.68. The number of nitrogens with one attached hydrogen (secondary N) is 2. The number of aryl methyl sites for hydroxylation is 1. The molecule has 0 saturated carbocycles. The third-order valence-corrected chi connectivity index (χ3v) is 4.17. The number of anilines is 1. The second kappa shape index (κ2) is 6.97. The van der Waals surface area contributed by atoms with Crippen LogP contribution in [0.25, 0.3) is 10.2 Å². The van der Waals surface area contributed by atoms with Gasteiger partial charge < -0.3 is 15.4 Å². The smallest absolute Gasteiger partial charge is 0.171 e. The number of benzene rings is 1. The lowest BCUT2D eigenvalue weighted by atomic mass is 10.3. The molecule has 0 saturated heterocycles. The van der Waals surface area contributed by atoms with E-state index in [2.05, 4.69) is 28.6 Å². The lowest BCUT2D eigenvalue weighted by Crippen LogP contribution is -2.38. The Kier molecular flexibility index (Phi) is 5.28. The third-order valence-electron chi connectivity index (χ3n) is 2.79. The number of thiocarbonyl (C=S) groups is 1. The Bertz CT molecular complexity index is 597. The predicted octanol–water partition coefficient (Wildman–Crippen LogP) is 3.18. The van der Waals surface area contributed by atoms with E-state index in [1.807, 2.05) is 19.1 Å². The van der Waals surface area contributed by atoms with Gasteiger partial charge in [0.25, 0.3) is 0 Å². The summed E-state index contributed by atoms with van der Waals surface area (Å²) in [6.07, 6.45) is 0.969. The summed E-state index contributed by atoms with van der Waals surface area (Å²) in [5, 5.41) is 8.14. The SMILES string of the molecule is CCc1nc2ccc(NC(=S)NC(C)COC)cc2s1. The lowest BCUT2D eigenvalue weighted by molar-refractivity contribution is 0.179. The second-order valence-electron chi connectivity index (χ2n) is 4.60. The third kappa shape index (κ3) is 3.88. The van der Waals surface area contributed by atoms with Gasteiger partial charge in [-0.15, -0.1) is 11.3 Å². The van der Waals surface area contributed by atoms with Gasteiger partial charge in [-0.2, -0.15) is 0 Å². The van der Waals surface area contributed by atoms with Crippen LogP contribution in [0.1, 0.15) is 18.9 Å². The topological polar surface area (TPSA) is 46.2 Å². The van der Waals surface area contributed by atoms with Crippen LogP contribution in [0.3, 0.4) is 0 Å². The van der Waals surface area contributed by atoms with Crippen molar-refractivity contribution in [1.82, 2.24) is 10.3 Å². The first-order valence-corrected chi connectivity index (χ1v) is 7.80. The highest BCUT2D eigenvalue weighted by atomic mass is 32.1. The van der Waals surface area contributed by atoms with Gasteiger partial charge in [0, 0.05) is 18.8 Å². The molecule has 0 bridgehead atoms. The summed E-state index contributed by atoms with van der Waals surface area (Å²) < 4.78 is 6.25. The van der Waals surface area contributed by atoms with Crippen molar-refractivity contribution >= 4 is 44.6 Å². The molecule has 6 heteroatoms. The summed E-state index contributed by atoms with van der Waals surface area (Å²) in [5.41, 5.74) is 2.02. The van der Waals surface area contributed by atoms with E-state index in [0.717, 1.165) is 22.6 Å². The molecule has 1 unspecified atom stereocenters. The number of fused-ring (bicyclic) bond motifs is 1. The maximum Gasteiger partial charge on any atom is 0.171 e. The molecular weight excluding hydrogens is 290 g/mol. The Morgan fingerprint density at radius 1 is 1.50 bits per heavy atom. The molecule has 0 radical (unpaired) electrons. The number of rotatable bonds is 5. The van der Waals surface area contributed by atoms with Crippen molar-refractivity contribution in [3.8, 4) is 0 Å². The average Bonchev–Trinajstić information content (AvgIpc) is 2.80. The zero-order valence-electron chi connectivity index (χ0n) is 11.9. The van der Waals surface area contributed by atoms with Crippen molar-refractivity contribution in [3.05, 3.63) is 23.2 Å². The van der Waals surface area contributed by atoms with Crippen molar-refractivity contribution in [2.45, 2.75) is 26.3 Å². The van der Waals surface area contributed by atoms with Crippen LogP contribution in [-0.4, -0.2) is 29.9 Å². The summed E-state index contributed by atoms with van der Waals surface area (Å²) in [4.78, 5) is 4.55. The molecule has 0 fully saturated rings. The standard InChI is InChI=1S/C14H19N3OS2/c1-4-13-17-11-6-5-10(7-12(11)20-13)16-14(19)15-9(2)8-18-3/h5-7,9H,4,8H2,1-3H3,(H2,15,16,19). The van der Waals surface area contributed by atoms with E-state index in [0.29, 0.717) is 11.7 Å². The van der Waals surface area contributed by atoms with Crippen LogP contribution < -0.4 is 10.6 Å². The highest BCUT2D eigenvalue weighted by Gasteiger charge is 2.06. The first-order valence-electron chi connectivity index (χ1n) is 6.58. The minimum Gasteiger partial charge on any atom is -0.383 e. The van der Waals surface area contributed by atoms with Crippen molar-refractivity contribution in [2.75, 3.05) is 19.0 Å². The molecular formula is C14H19N3OS2. The van der Waals surface area contributed by atoms with Gasteiger partial charge in [0.2, 0.25) is 0 Å². The van der Waals surface area contributed by atoms with E-state index in [4.69, 9.17) is 17.0 Å². The second-order valence-corrected chi connectivity index (χ2v) is 6.12. The summed E-state index contributed by atoms with van der Waals surface area (Å²) in [6, 6.07) is 6.28. The molecule has 2 rings (SSSR count). The van der Waals surface area contributed by atoms with Gasteiger partial charge in [0.1, 0.15) is 0 Å². The molecule has 0 spiro atoms. The van der Waals surface area contributed by atoms with Gasteiger partial charge in [-0.1, -0.05) is 6.92 Å². The number of ether oxygens (including phenoxy) is 1. The van der Waals surface area contributed by atoms with Gasteiger partial charge in [-0.25, -0.2) is 4.98 Å². The molecule has 2 N–H and O–H groups in total. The maximum atomic E-state index is 5.29. The minimum atomic E-state index is 0.179. The molecule has 1 atom stereocenters. The molecule has 0 amide bonds. The van der Waals surface area contributed by atoms with E-state index >= 15 is 0 Å². The van der Waals surface area contributed by atoms with Gasteiger partial charge >= 0.3 is 0 Å². The van der Waals surface area contributed by atoms with Crippen LogP contribution >= 0.6 is 23.6 Å². The van der Waals surface area contributed by atoms with E-state index in [1.54, 1.807) is 18.4 Å². The van der Waals surface area contributed by atoms with E-state index in [-0.39, 0.29) is 6.04 Å². The maximum absolute atomic E-state index is 5.29. The van der Waals surface area contributed by atoms with E-state index in [9.17, 15) is 0 Å². The highest BCUT2D eigenvalue weighted by Crippen LogP contribution is 2.25. The molecule has 1 aromatic carbocycles. The number of methoxy groups -OCH3 is 1. The fourth-order valence-electron chi connectivity index (χ4n) is 1.88. The zero-order chi connectivity index (χ0) is 14.5. The van der Waals surface area contributed by atoms with Crippen molar-refractivity contribution in [3.63, 3.8) is 0 Å². The minimum absolute atomic E-state index is 0.179. The van der Waals surface area contributed by atoms with E-state index < -0.39 is 0 Å². The molecule has 0 aliphatic carbocycles. The number of aromatic nitrogens is 1. The van der Waals surface area contributed by atoms with Gasteiger partial charge in [-0.05, 0) is 43.8 Å². The Labute approximate surface area is 128 Å². The fraction of sp³-hybridized carbons (Fsp3) is 0.429. The van der Waals surface area contributed by atoms with Crippen molar-refractivity contribution in [2.24, 2.45) is 0 Å². The number of hydrogen-bond donors (Lipinski definition) is 2. The Morgan fingerprint density at radius 2 is 2.30 bits per heavy atom. The number of hydrogen-bond acceptors (Lipinski definition) is 4. The average molecular weight is 309 g/mol. The summed E-state index contributed by atoms with van der Waals surface area (Å²) >= 11 is 7.01. The molecule has 0 aliphatic rings. The largest absolute Gasteiger partial charge is 0.383 e. The van der Waals surface area contributed by atoms with Crippen molar-refractivity contribution in [1.29, 1.82) is 0 Å². The van der Waals surface area contributed by atoms with Crippen LogP contribution in [0.2, 0.25) is 0 Å². The quantitative estimate of drug-likeness (QED) is 0.831. The molecule has 2 aromatic rings. The monoisotopic (exact) mass is 309 g/mol. The Hall–Kier alpha value is -1.24. The van der Waals surface area contributed by atoms with Crippen LogP contribution in [0.15, 0.2) is 18.2 Å². The number of thiazole rings is 1. The van der Waals surface area contributed by atoms with E-state index in [1.165, 1.54) is 4.70 Å².